The van der Waals surface area contributed by atoms with Crippen molar-refractivity contribution in [1.29, 1.82) is 0 Å². The number of methoxy groups -OCH3 is 1. The first-order chi connectivity index (χ1) is 21.2. The van der Waals surface area contributed by atoms with Crippen molar-refractivity contribution in [2.45, 2.75) is 104 Å². The summed E-state index contributed by atoms with van der Waals surface area (Å²) < 4.78 is 16.5. The van der Waals surface area contributed by atoms with Crippen LogP contribution in [0.5, 0.6) is 0 Å². The van der Waals surface area contributed by atoms with Gasteiger partial charge in [-0.25, -0.2) is 9.59 Å². The fourth-order valence-corrected chi connectivity index (χ4v) is 5.89. The number of nitrogens with one attached hydrogen (secondary N) is 2. The van der Waals surface area contributed by atoms with Gasteiger partial charge >= 0.3 is 12.1 Å². The number of aryl methyl sites for hydroxylation is 1. The molecular formula is C35H47N3O7. The van der Waals surface area contributed by atoms with Crippen molar-refractivity contribution in [3.05, 3.63) is 70.8 Å². The third-order valence-electron chi connectivity index (χ3n) is 8.17. The maximum atomic E-state index is 14.2. The van der Waals surface area contributed by atoms with Crippen LogP contribution < -0.4 is 10.6 Å². The van der Waals surface area contributed by atoms with Crippen LogP contribution in [0.4, 0.5) is 4.79 Å². The Hall–Kier alpha value is -3.92. The first-order valence-corrected chi connectivity index (χ1v) is 15.6. The summed E-state index contributed by atoms with van der Waals surface area (Å²) >= 11 is 0. The minimum absolute atomic E-state index is 0.147. The first kappa shape index (κ1) is 34.0. The molecule has 1 unspecified atom stereocenters. The Morgan fingerprint density at radius 1 is 0.978 bits per heavy atom. The molecule has 10 nitrogen and oxygen atoms in total. The van der Waals surface area contributed by atoms with Crippen LogP contribution in [0.3, 0.4) is 0 Å². The normalized spacial score (nSPS) is 20.5. The number of rotatable bonds is 8. The molecule has 0 radical (unpaired) electrons. The highest BCUT2D eigenvalue weighted by Crippen LogP contribution is 2.32. The van der Waals surface area contributed by atoms with Gasteiger partial charge in [0.15, 0.2) is 0 Å². The van der Waals surface area contributed by atoms with Crippen molar-refractivity contribution in [1.82, 2.24) is 15.5 Å². The van der Waals surface area contributed by atoms with E-state index >= 15 is 0 Å². The molecule has 0 aromatic heterocycles. The minimum atomic E-state index is -0.942. The van der Waals surface area contributed by atoms with Gasteiger partial charge in [-0.05, 0) is 74.3 Å². The number of nitrogens with zero attached hydrogens (tertiary/aromatic N) is 1. The van der Waals surface area contributed by atoms with E-state index in [-0.39, 0.29) is 31.0 Å². The van der Waals surface area contributed by atoms with Crippen LogP contribution in [-0.4, -0.2) is 66.2 Å². The van der Waals surface area contributed by atoms with Gasteiger partial charge in [-0.15, -0.1) is 0 Å². The van der Waals surface area contributed by atoms with Crippen molar-refractivity contribution in [3.63, 3.8) is 0 Å². The Kier molecular flexibility index (Phi) is 10.6. The average molecular weight is 622 g/mol. The SMILES string of the molecule is COC(=O)c1ccc(CO[C@H]2C[C@@H](C(=O)N[C@@H]3CCCc4ccccc43)N(C(=O)C(NC(=O)OC(C)(C)C)C(C)(C)C)C2)cc1. The van der Waals surface area contributed by atoms with Crippen LogP contribution >= 0.6 is 0 Å². The molecule has 3 amide bonds. The lowest BCUT2D eigenvalue weighted by atomic mass is 9.85. The summed E-state index contributed by atoms with van der Waals surface area (Å²) in [7, 11) is 1.33. The summed E-state index contributed by atoms with van der Waals surface area (Å²) in [6.45, 7) is 11.3. The summed E-state index contributed by atoms with van der Waals surface area (Å²) in [5, 5.41) is 6.00. The van der Waals surface area contributed by atoms with Gasteiger partial charge in [-0.1, -0.05) is 57.2 Å². The molecule has 1 fully saturated rings. The molecule has 0 spiro atoms. The molecule has 1 aliphatic heterocycles. The Morgan fingerprint density at radius 2 is 1.67 bits per heavy atom. The minimum Gasteiger partial charge on any atom is -0.465 e. The number of hydrogen-bond donors (Lipinski definition) is 2. The first-order valence-electron chi connectivity index (χ1n) is 15.6. The van der Waals surface area contributed by atoms with Crippen molar-refractivity contribution in [3.8, 4) is 0 Å². The number of ether oxygens (including phenoxy) is 3. The standard InChI is InChI=1S/C35H47N3O7/c1-34(2,3)29(37-33(42)45-35(4,5)6)31(40)38-20-25(44-21-22-15-17-24(18-16-22)32(41)43-7)19-28(38)30(39)36-27-14-10-12-23-11-8-9-13-26(23)27/h8-9,11,13,15-18,25,27-29H,10,12,14,19-21H2,1-7H3,(H,36,39)(H,37,42)/t25-,27+,28-,29?/m0/s1. The highest BCUT2D eigenvalue weighted by Gasteiger charge is 2.46. The monoisotopic (exact) mass is 621 g/mol. The number of carbonyl (C=O) groups is 4. The zero-order valence-corrected chi connectivity index (χ0v) is 27.5. The van der Waals surface area contributed by atoms with E-state index in [1.807, 2.05) is 32.9 Å². The Labute approximate surface area is 266 Å². The number of amides is 3. The van der Waals surface area contributed by atoms with E-state index in [4.69, 9.17) is 14.2 Å². The van der Waals surface area contributed by atoms with Crippen LogP contribution in [0.25, 0.3) is 0 Å². The van der Waals surface area contributed by atoms with Gasteiger partial charge in [-0.3, -0.25) is 9.59 Å². The predicted octanol–water partition coefficient (Wildman–Crippen LogP) is 5.09. The Morgan fingerprint density at radius 3 is 2.31 bits per heavy atom. The lowest BCUT2D eigenvalue weighted by Gasteiger charge is -2.36. The number of esters is 1. The zero-order chi connectivity index (χ0) is 32.9. The van der Waals surface area contributed by atoms with Crippen LogP contribution in [-0.2, 0) is 36.8 Å². The molecule has 4 atom stereocenters. The maximum absolute atomic E-state index is 14.2. The molecule has 10 heteroatoms. The third-order valence-corrected chi connectivity index (χ3v) is 8.17. The summed E-state index contributed by atoms with van der Waals surface area (Å²) in [5.74, 6) is -1.04. The predicted molar refractivity (Wildman–Crippen MR) is 169 cm³/mol. The van der Waals surface area contributed by atoms with E-state index in [0.29, 0.717) is 12.0 Å². The highest BCUT2D eigenvalue weighted by atomic mass is 16.6. The van der Waals surface area contributed by atoms with Crippen molar-refractivity contribution >= 4 is 23.9 Å². The van der Waals surface area contributed by atoms with E-state index in [2.05, 4.69) is 22.8 Å². The van der Waals surface area contributed by atoms with Crippen molar-refractivity contribution < 1.29 is 33.4 Å². The van der Waals surface area contributed by atoms with E-state index in [1.54, 1.807) is 49.9 Å². The summed E-state index contributed by atoms with van der Waals surface area (Å²) in [5.41, 5.74) is 2.20. The fraction of sp³-hybridized carbons (Fsp3) is 0.543. The lowest BCUT2D eigenvalue weighted by molar-refractivity contribution is -0.142. The van der Waals surface area contributed by atoms with Crippen molar-refractivity contribution in [2.24, 2.45) is 5.41 Å². The second-order valence-corrected chi connectivity index (χ2v) is 14.0. The quantitative estimate of drug-likeness (QED) is 0.394. The van der Waals surface area contributed by atoms with E-state index in [9.17, 15) is 19.2 Å². The molecule has 1 saturated heterocycles. The molecular weight excluding hydrogens is 574 g/mol. The largest absolute Gasteiger partial charge is 0.465 e. The summed E-state index contributed by atoms with van der Waals surface area (Å²) in [6.07, 6.45) is 1.92. The van der Waals surface area contributed by atoms with E-state index in [0.717, 1.165) is 30.4 Å². The highest BCUT2D eigenvalue weighted by molar-refractivity contribution is 5.92. The Balaban J connectivity index is 1.54. The molecule has 1 heterocycles. The fourth-order valence-electron chi connectivity index (χ4n) is 5.89. The second-order valence-electron chi connectivity index (χ2n) is 14.0. The summed E-state index contributed by atoms with van der Waals surface area (Å²) in [4.78, 5) is 54.3. The number of likely N-dealkylation sites (tertiary alicyclic amines) is 1. The molecule has 1 aliphatic carbocycles. The topological polar surface area (TPSA) is 123 Å². The molecule has 2 N–H and O–H groups in total. The number of benzene rings is 2. The maximum Gasteiger partial charge on any atom is 0.408 e. The van der Waals surface area contributed by atoms with Gasteiger partial charge < -0.3 is 29.7 Å². The molecule has 4 rings (SSSR count). The average Bonchev–Trinajstić information content (AvgIpc) is 3.42. The lowest BCUT2D eigenvalue weighted by Crippen LogP contribution is -2.58. The smallest absolute Gasteiger partial charge is 0.408 e. The molecule has 2 aromatic rings. The van der Waals surface area contributed by atoms with Crippen molar-refractivity contribution in [2.75, 3.05) is 13.7 Å². The van der Waals surface area contributed by atoms with Crippen LogP contribution in [0.1, 0.15) is 93.9 Å². The summed E-state index contributed by atoms with van der Waals surface area (Å²) in [6, 6.07) is 13.2. The van der Waals surface area contributed by atoms with Gasteiger partial charge in [0, 0.05) is 13.0 Å². The van der Waals surface area contributed by atoms with Gasteiger partial charge in [0.1, 0.15) is 17.7 Å². The number of carbonyl (C=O) groups excluding carboxylic acids is 4. The zero-order valence-electron chi connectivity index (χ0n) is 27.5. The van der Waals surface area contributed by atoms with Crippen LogP contribution in [0.2, 0.25) is 0 Å². The molecule has 0 bridgehead atoms. The molecule has 2 aliphatic rings. The van der Waals surface area contributed by atoms with Crippen LogP contribution in [0, 0.1) is 5.41 Å². The van der Waals surface area contributed by atoms with Gasteiger partial charge in [-0.2, -0.15) is 0 Å². The van der Waals surface area contributed by atoms with Gasteiger partial charge in [0.05, 0.1) is 31.4 Å². The third kappa shape index (κ3) is 8.84. The molecule has 244 valence electrons. The van der Waals surface area contributed by atoms with E-state index < -0.39 is 41.3 Å². The molecule has 0 saturated carbocycles. The van der Waals surface area contributed by atoms with E-state index in [1.165, 1.54) is 12.7 Å². The Bertz CT molecular complexity index is 1380. The van der Waals surface area contributed by atoms with Crippen LogP contribution in [0.15, 0.2) is 48.5 Å². The van der Waals surface area contributed by atoms with Gasteiger partial charge in [0.25, 0.3) is 0 Å². The second kappa shape index (κ2) is 14.0. The molecule has 45 heavy (non-hydrogen) atoms. The molecule has 2 aromatic carbocycles. The number of fused-ring (bicyclic) bond motifs is 1. The number of alkyl carbamates (subject to hydrolysis) is 1. The van der Waals surface area contributed by atoms with Gasteiger partial charge in [0.2, 0.25) is 11.8 Å². The number of hydrogen-bond acceptors (Lipinski definition) is 7.